The average Bonchev–Trinajstić information content (AvgIpc) is 2.32. The van der Waals surface area contributed by atoms with Crippen LogP contribution in [-0.4, -0.2) is 37.4 Å². The molecule has 16 heavy (non-hydrogen) atoms. The van der Waals surface area contributed by atoms with Crippen LogP contribution in [0.5, 0.6) is 5.88 Å². The summed E-state index contributed by atoms with van der Waals surface area (Å²) in [7, 11) is 0. The predicted molar refractivity (Wildman–Crippen MR) is 64.8 cm³/mol. The summed E-state index contributed by atoms with van der Waals surface area (Å²) >= 11 is 3.46. The highest BCUT2D eigenvalue weighted by Gasteiger charge is 2.15. The van der Waals surface area contributed by atoms with Crippen molar-refractivity contribution in [1.82, 2.24) is 10.3 Å². The van der Waals surface area contributed by atoms with Crippen molar-refractivity contribution < 1.29 is 9.47 Å². The van der Waals surface area contributed by atoms with E-state index in [1.165, 1.54) is 0 Å². The van der Waals surface area contributed by atoms with Crippen molar-refractivity contribution >= 4 is 15.9 Å². The van der Waals surface area contributed by atoms with Crippen LogP contribution < -0.4 is 10.1 Å². The van der Waals surface area contributed by atoms with E-state index in [-0.39, 0.29) is 6.10 Å². The van der Waals surface area contributed by atoms with Gasteiger partial charge < -0.3 is 14.8 Å². The van der Waals surface area contributed by atoms with Crippen LogP contribution >= 0.6 is 15.9 Å². The van der Waals surface area contributed by atoms with Gasteiger partial charge in [0, 0.05) is 19.3 Å². The maximum Gasteiger partial charge on any atom is 0.228 e. The van der Waals surface area contributed by atoms with Gasteiger partial charge in [-0.05, 0) is 34.5 Å². The molecule has 1 aromatic heterocycles. The predicted octanol–water partition coefficient (Wildman–Crippen LogP) is 1.52. The molecule has 0 aliphatic carbocycles. The molecule has 2 rings (SSSR count). The molecule has 1 fully saturated rings. The number of nitrogens with one attached hydrogen (secondary N) is 1. The molecule has 0 saturated carbocycles. The van der Waals surface area contributed by atoms with Gasteiger partial charge in [0.2, 0.25) is 5.88 Å². The summed E-state index contributed by atoms with van der Waals surface area (Å²) in [4.78, 5) is 4.18. The van der Waals surface area contributed by atoms with Gasteiger partial charge in [-0.2, -0.15) is 0 Å². The van der Waals surface area contributed by atoms with Crippen LogP contribution in [0.1, 0.15) is 5.56 Å². The van der Waals surface area contributed by atoms with Crippen LogP contribution in [-0.2, 0) is 4.74 Å². The molecule has 2 heterocycles. The standard InChI is InChI=1S/C11H15BrN2O2/c1-8-2-3-14-11(10(8)12)16-7-9-6-13-4-5-15-9/h2-3,9,13H,4-7H2,1H3. The van der Waals surface area contributed by atoms with Crippen molar-refractivity contribution in [2.75, 3.05) is 26.3 Å². The molecular formula is C11H15BrN2O2. The largest absolute Gasteiger partial charge is 0.474 e. The Balaban J connectivity index is 1.91. The van der Waals surface area contributed by atoms with E-state index in [2.05, 4.69) is 26.2 Å². The lowest BCUT2D eigenvalue weighted by Crippen LogP contribution is -2.41. The molecular weight excluding hydrogens is 272 g/mol. The number of halogens is 1. The number of pyridine rings is 1. The van der Waals surface area contributed by atoms with Crippen LogP contribution in [0.25, 0.3) is 0 Å². The fourth-order valence-electron chi connectivity index (χ4n) is 1.51. The minimum atomic E-state index is 0.114. The Labute approximate surface area is 103 Å². The summed E-state index contributed by atoms with van der Waals surface area (Å²) in [6.07, 6.45) is 1.86. The van der Waals surface area contributed by atoms with Crippen LogP contribution in [0.3, 0.4) is 0 Å². The smallest absolute Gasteiger partial charge is 0.228 e. The van der Waals surface area contributed by atoms with Crippen molar-refractivity contribution in [2.24, 2.45) is 0 Å². The SMILES string of the molecule is Cc1ccnc(OCC2CNCCO2)c1Br. The molecule has 1 aliphatic heterocycles. The molecule has 0 bridgehead atoms. The lowest BCUT2D eigenvalue weighted by Gasteiger charge is -2.23. The third kappa shape index (κ3) is 2.93. The number of hydrogen-bond acceptors (Lipinski definition) is 4. The third-order valence-electron chi connectivity index (χ3n) is 2.46. The van der Waals surface area contributed by atoms with Crippen LogP contribution in [0.2, 0.25) is 0 Å². The van der Waals surface area contributed by atoms with Crippen molar-refractivity contribution in [1.29, 1.82) is 0 Å². The monoisotopic (exact) mass is 286 g/mol. The Morgan fingerprint density at radius 3 is 3.31 bits per heavy atom. The second-order valence-corrected chi connectivity index (χ2v) is 4.55. The van der Waals surface area contributed by atoms with Gasteiger partial charge in [0.25, 0.3) is 0 Å². The molecule has 1 saturated heterocycles. The number of aryl methyl sites for hydroxylation is 1. The highest BCUT2D eigenvalue weighted by molar-refractivity contribution is 9.10. The van der Waals surface area contributed by atoms with E-state index in [4.69, 9.17) is 9.47 Å². The number of morpholine rings is 1. The second kappa shape index (κ2) is 5.61. The number of ether oxygens (including phenoxy) is 2. The van der Waals surface area contributed by atoms with Crippen LogP contribution in [0.15, 0.2) is 16.7 Å². The minimum absolute atomic E-state index is 0.114. The number of rotatable bonds is 3. The molecule has 88 valence electrons. The van der Waals surface area contributed by atoms with Crippen LogP contribution in [0, 0.1) is 6.92 Å². The summed E-state index contributed by atoms with van der Waals surface area (Å²) in [5.41, 5.74) is 1.12. The van der Waals surface area contributed by atoms with Crippen molar-refractivity contribution in [3.63, 3.8) is 0 Å². The Bertz CT molecular complexity index is 354. The lowest BCUT2D eigenvalue weighted by atomic mass is 10.3. The molecule has 1 atom stereocenters. The summed E-state index contributed by atoms with van der Waals surface area (Å²) < 4.78 is 12.1. The molecule has 0 amide bonds. The van der Waals surface area contributed by atoms with E-state index < -0.39 is 0 Å². The zero-order chi connectivity index (χ0) is 11.4. The Morgan fingerprint density at radius 2 is 2.56 bits per heavy atom. The molecule has 4 nitrogen and oxygen atoms in total. The molecule has 1 aromatic rings. The quantitative estimate of drug-likeness (QED) is 0.915. The van der Waals surface area contributed by atoms with Crippen molar-refractivity contribution in [3.05, 3.63) is 22.3 Å². The van der Waals surface area contributed by atoms with E-state index in [1.54, 1.807) is 6.20 Å². The third-order valence-corrected chi connectivity index (χ3v) is 3.43. The van der Waals surface area contributed by atoms with Gasteiger partial charge in [0.1, 0.15) is 12.7 Å². The highest BCUT2D eigenvalue weighted by atomic mass is 79.9. The minimum Gasteiger partial charge on any atom is -0.474 e. The number of nitrogens with zero attached hydrogens (tertiary/aromatic N) is 1. The van der Waals surface area contributed by atoms with Crippen molar-refractivity contribution in [2.45, 2.75) is 13.0 Å². The van der Waals surface area contributed by atoms with E-state index >= 15 is 0 Å². The molecule has 0 aromatic carbocycles. The summed E-state index contributed by atoms with van der Waals surface area (Å²) in [5.74, 6) is 0.633. The second-order valence-electron chi connectivity index (χ2n) is 3.75. The number of aromatic nitrogens is 1. The molecule has 0 spiro atoms. The van der Waals surface area contributed by atoms with E-state index in [0.29, 0.717) is 12.5 Å². The van der Waals surface area contributed by atoms with Gasteiger partial charge >= 0.3 is 0 Å². The Kier molecular flexibility index (Phi) is 4.15. The maximum atomic E-state index is 5.63. The summed E-state index contributed by atoms with van der Waals surface area (Å²) in [6.45, 7) is 5.04. The number of hydrogen-bond donors (Lipinski definition) is 1. The first-order chi connectivity index (χ1) is 7.77. The summed E-state index contributed by atoms with van der Waals surface area (Å²) in [5, 5.41) is 3.26. The first kappa shape index (κ1) is 11.8. The molecule has 0 radical (unpaired) electrons. The van der Waals surface area contributed by atoms with Gasteiger partial charge in [0.05, 0.1) is 11.1 Å². The summed E-state index contributed by atoms with van der Waals surface area (Å²) in [6, 6.07) is 1.94. The van der Waals surface area contributed by atoms with Gasteiger partial charge in [-0.25, -0.2) is 4.98 Å². The van der Waals surface area contributed by atoms with Crippen LogP contribution in [0.4, 0.5) is 0 Å². The Morgan fingerprint density at radius 1 is 1.69 bits per heavy atom. The molecule has 1 aliphatic rings. The zero-order valence-corrected chi connectivity index (χ0v) is 10.8. The first-order valence-corrected chi connectivity index (χ1v) is 6.13. The van der Waals surface area contributed by atoms with Gasteiger partial charge in [-0.1, -0.05) is 0 Å². The highest BCUT2D eigenvalue weighted by Crippen LogP contribution is 2.25. The lowest BCUT2D eigenvalue weighted by molar-refractivity contribution is -0.000924. The Hall–Kier alpha value is -0.650. The van der Waals surface area contributed by atoms with Gasteiger partial charge in [0.15, 0.2) is 0 Å². The molecule has 5 heteroatoms. The maximum absolute atomic E-state index is 5.63. The fraction of sp³-hybridized carbons (Fsp3) is 0.545. The van der Waals surface area contributed by atoms with E-state index in [9.17, 15) is 0 Å². The molecule has 1 N–H and O–H groups in total. The first-order valence-electron chi connectivity index (χ1n) is 5.33. The van der Waals surface area contributed by atoms with Crippen molar-refractivity contribution in [3.8, 4) is 5.88 Å². The topological polar surface area (TPSA) is 43.4 Å². The van der Waals surface area contributed by atoms with E-state index in [0.717, 1.165) is 29.7 Å². The fourth-order valence-corrected chi connectivity index (χ4v) is 1.86. The van der Waals surface area contributed by atoms with Gasteiger partial charge in [-0.3, -0.25) is 0 Å². The average molecular weight is 287 g/mol. The van der Waals surface area contributed by atoms with Gasteiger partial charge in [-0.15, -0.1) is 0 Å². The normalized spacial score (nSPS) is 20.8. The zero-order valence-electron chi connectivity index (χ0n) is 9.20. The van der Waals surface area contributed by atoms with E-state index in [1.807, 2.05) is 13.0 Å². The molecule has 1 unspecified atom stereocenters.